The van der Waals surface area contributed by atoms with Gasteiger partial charge < -0.3 is 14.5 Å². The van der Waals surface area contributed by atoms with E-state index in [0.29, 0.717) is 5.69 Å². The molecule has 0 radical (unpaired) electrons. The maximum absolute atomic E-state index is 14.4. The Morgan fingerprint density at radius 2 is 1.68 bits per heavy atom. The molecule has 4 aromatic rings. The molecule has 6 nitrogen and oxygen atoms in total. The van der Waals surface area contributed by atoms with E-state index in [0.717, 1.165) is 67.5 Å². The van der Waals surface area contributed by atoms with Gasteiger partial charge in [-0.05, 0) is 49.9 Å². The Bertz CT molecular complexity index is 1340. The van der Waals surface area contributed by atoms with Gasteiger partial charge in [0, 0.05) is 49.1 Å². The number of aromatic nitrogens is 3. The second-order valence-electron chi connectivity index (χ2n) is 9.02. The van der Waals surface area contributed by atoms with Gasteiger partial charge in [-0.1, -0.05) is 24.3 Å². The highest BCUT2D eigenvalue weighted by Crippen LogP contribution is 2.33. The first-order chi connectivity index (χ1) is 16.7. The molecule has 0 N–H and O–H groups in total. The fraction of sp³-hybridized carbons (Fsp3) is 0.333. The maximum atomic E-state index is 14.4. The fourth-order valence-electron chi connectivity index (χ4n) is 5.24. The van der Waals surface area contributed by atoms with Crippen LogP contribution in [0.1, 0.15) is 24.1 Å². The average Bonchev–Trinajstić information content (AvgIpc) is 3.31. The number of hydrogen-bond donors (Lipinski definition) is 0. The Labute approximate surface area is 198 Å². The summed E-state index contributed by atoms with van der Waals surface area (Å²) >= 11 is 0. The third-order valence-corrected chi connectivity index (χ3v) is 6.99. The Hall–Kier alpha value is -3.61. The Kier molecular flexibility index (Phi) is 5.32. The number of benzene rings is 2. The van der Waals surface area contributed by atoms with Crippen molar-refractivity contribution in [3.8, 4) is 17.0 Å². The molecular formula is C27H28FN5O. The van der Waals surface area contributed by atoms with Crippen molar-refractivity contribution in [1.29, 1.82) is 0 Å². The molecule has 0 spiro atoms. The standard InChI is InChI=1S/C27H28FN5O/c1-34-20-8-6-7-19(17-20)24-18-26-29-23-11-4-2-9-21(23)27(33(26)30-24)32-15-13-31(14-16-32)25-12-5-3-10-22(25)28/h3,5-8,10,12,17-18H,2,4,9,11,13-16H2,1H3. The van der Waals surface area contributed by atoms with Crippen LogP contribution in [0.3, 0.4) is 0 Å². The summed E-state index contributed by atoms with van der Waals surface area (Å²) in [6.45, 7) is 3.16. The number of halogens is 1. The van der Waals surface area contributed by atoms with Crippen LogP contribution in [0.25, 0.3) is 16.9 Å². The first kappa shape index (κ1) is 21.0. The number of ether oxygens (including phenoxy) is 1. The van der Waals surface area contributed by atoms with E-state index in [1.807, 2.05) is 34.8 Å². The molecule has 2 aromatic heterocycles. The monoisotopic (exact) mass is 457 g/mol. The van der Waals surface area contributed by atoms with Crippen molar-refractivity contribution in [3.63, 3.8) is 0 Å². The Morgan fingerprint density at radius 3 is 2.50 bits per heavy atom. The van der Waals surface area contributed by atoms with Crippen LogP contribution in [0.5, 0.6) is 5.75 Å². The number of methoxy groups -OCH3 is 1. The van der Waals surface area contributed by atoms with E-state index in [4.69, 9.17) is 14.8 Å². The first-order valence-corrected chi connectivity index (χ1v) is 12.0. The molecule has 0 unspecified atom stereocenters. The van der Waals surface area contributed by atoms with E-state index in [1.54, 1.807) is 13.2 Å². The summed E-state index contributed by atoms with van der Waals surface area (Å²) in [6.07, 6.45) is 4.38. The maximum Gasteiger partial charge on any atom is 0.158 e. The lowest BCUT2D eigenvalue weighted by Gasteiger charge is -2.38. The van der Waals surface area contributed by atoms with Crippen LogP contribution >= 0.6 is 0 Å². The van der Waals surface area contributed by atoms with Crippen molar-refractivity contribution in [2.75, 3.05) is 43.1 Å². The molecule has 174 valence electrons. The van der Waals surface area contributed by atoms with Gasteiger partial charge in [0.15, 0.2) is 5.65 Å². The number of hydrogen-bond acceptors (Lipinski definition) is 5. The lowest BCUT2D eigenvalue weighted by atomic mass is 9.96. The van der Waals surface area contributed by atoms with Crippen molar-refractivity contribution in [1.82, 2.24) is 14.6 Å². The normalized spacial score (nSPS) is 16.1. The summed E-state index contributed by atoms with van der Waals surface area (Å²) in [6, 6.07) is 17.1. The predicted octanol–water partition coefficient (Wildman–Crippen LogP) is 4.75. The van der Waals surface area contributed by atoms with Gasteiger partial charge in [0.05, 0.1) is 18.5 Å². The molecular weight excluding hydrogens is 429 g/mol. The van der Waals surface area contributed by atoms with Crippen molar-refractivity contribution < 1.29 is 9.13 Å². The number of aryl methyl sites for hydroxylation is 1. The highest BCUT2D eigenvalue weighted by atomic mass is 19.1. The molecule has 0 atom stereocenters. The van der Waals surface area contributed by atoms with Gasteiger partial charge in [0.25, 0.3) is 0 Å². The van der Waals surface area contributed by atoms with Crippen LogP contribution < -0.4 is 14.5 Å². The van der Waals surface area contributed by atoms with Crippen molar-refractivity contribution in [2.45, 2.75) is 25.7 Å². The molecule has 2 aliphatic rings. The summed E-state index contributed by atoms with van der Waals surface area (Å²) in [4.78, 5) is 9.57. The molecule has 1 aliphatic carbocycles. The van der Waals surface area contributed by atoms with E-state index in [9.17, 15) is 4.39 Å². The van der Waals surface area contributed by atoms with Crippen LogP contribution in [-0.2, 0) is 12.8 Å². The highest BCUT2D eigenvalue weighted by Gasteiger charge is 2.27. The summed E-state index contributed by atoms with van der Waals surface area (Å²) < 4.78 is 21.8. The molecule has 34 heavy (non-hydrogen) atoms. The third kappa shape index (κ3) is 3.65. The van der Waals surface area contributed by atoms with Crippen LogP contribution in [0, 0.1) is 5.82 Å². The van der Waals surface area contributed by atoms with Gasteiger partial charge in [-0.2, -0.15) is 9.61 Å². The molecule has 0 amide bonds. The van der Waals surface area contributed by atoms with Crippen molar-refractivity contribution >= 4 is 17.2 Å². The van der Waals surface area contributed by atoms with Gasteiger partial charge in [-0.15, -0.1) is 0 Å². The summed E-state index contributed by atoms with van der Waals surface area (Å²) in [7, 11) is 1.68. The lowest BCUT2D eigenvalue weighted by molar-refractivity contribution is 0.415. The zero-order valence-electron chi connectivity index (χ0n) is 19.4. The van der Waals surface area contributed by atoms with Crippen LogP contribution in [0.4, 0.5) is 15.9 Å². The molecule has 1 fully saturated rings. The minimum Gasteiger partial charge on any atom is -0.497 e. The van der Waals surface area contributed by atoms with Gasteiger partial charge in [0.2, 0.25) is 0 Å². The van der Waals surface area contributed by atoms with Crippen LogP contribution in [0.2, 0.25) is 0 Å². The summed E-state index contributed by atoms with van der Waals surface area (Å²) in [5, 5.41) is 5.02. The zero-order chi connectivity index (χ0) is 23.1. The smallest absolute Gasteiger partial charge is 0.158 e. The predicted molar refractivity (Wildman–Crippen MR) is 132 cm³/mol. The van der Waals surface area contributed by atoms with Crippen molar-refractivity contribution in [3.05, 3.63) is 71.7 Å². The Balaban J connectivity index is 1.38. The second kappa shape index (κ2) is 8.63. The number of nitrogens with zero attached hydrogens (tertiary/aromatic N) is 5. The minimum absolute atomic E-state index is 0.158. The average molecular weight is 458 g/mol. The number of para-hydroxylation sites is 1. The molecule has 2 aromatic carbocycles. The number of fused-ring (bicyclic) bond motifs is 2. The summed E-state index contributed by atoms with van der Waals surface area (Å²) in [5.74, 6) is 1.81. The molecule has 0 saturated carbocycles. The zero-order valence-corrected chi connectivity index (χ0v) is 19.4. The molecule has 7 heteroatoms. The van der Waals surface area contributed by atoms with Crippen LogP contribution in [0.15, 0.2) is 54.6 Å². The SMILES string of the molecule is COc1cccc(-c2cc3nc4c(c(N5CCN(c6ccccc6F)CC5)n3n2)CCCC4)c1. The third-order valence-electron chi connectivity index (χ3n) is 6.99. The van der Waals surface area contributed by atoms with Crippen molar-refractivity contribution in [2.24, 2.45) is 0 Å². The number of anilines is 2. The topological polar surface area (TPSA) is 45.9 Å². The van der Waals surface area contributed by atoms with E-state index in [-0.39, 0.29) is 5.82 Å². The Morgan fingerprint density at radius 1 is 0.882 bits per heavy atom. The van der Waals surface area contributed by atoms with Gasteiger partial charge in [-0.3, -0.25) is 0 Å². The fourth-order valence-corrected chi connectivity index (χ4v) is 5.24. The molecule has 6 rings (SSSR count). The highest BCUT2D eigenvalue weighted by molar-refractivity contribution is 5.69. The lowest BCUT2D eigenvalue weighted by Crippen LogP contribution is -2.48. The van der Waals surface area contributed by atoms with Gasteiger partial charge in [0.1, 0.15) is 17.4 Å². The van der Waals surface area contributed by atoms with E-state index in [1.165, 1.54) is 30.2 Å². The second-order valence-corrected chi connectivity index (χ2v) is 9.02. The van der Waals surface area contributed by atoms with E-state index in [2.05, 4.69) is 21.9 Å². The summed E-state index contributed by atoms with van der Waals surface area (Å²) in [5.41, 5.74) is 5.98. The van der Waals surface area contributed by atoms with Crippen LogP contribution in [-0.4, -0.2) is 47.9 Å². The van der Waals surface area contributed by atoms with Gasteiger partial charge in [-0.25, -0.2) is 9.37 Å². The molecule has 1 aliphatic heterocycles. The molecule has 3 heterocycles. The number of rotatable bonds is 4. The quantitative estimate of drug-likeness (QED) is 0.443. The minimum atomic E-state index is -0.158. The molecule has 1 saturated heterocycles. The molecule has 0 bridgehead atoms. The van der Waals surface area contributed by atoms with Gasteiger partial charge >= 0.3 is 0 Å². The van der Waals surface area contributed by atoms with E-state index >= 15 is 0 Å². The first-order valence-electron chi connectivity index (χ1n) is 12.0. The number of piperazine rings is 1. The van der Waals surface area contributed by atoms with E-state index < -0.39 is 0 Å². The largest absolute Gasteiger partial charge is 0.497 e.